The van der Waals surface area contributed by atoms with Crippen molar-refractivity contribution in [2.75, 3.05) is 0 Å². The summed E-state index contributed by atoms with van der Waals surface area (Å²) in [6, 6.07) is 5.56. The molecule has 0 spiro atoms. The van der Waals surface area contributed by atoms with Crippen molar-refractivity contribution in [2.45, 2.75) is 59.0 Å². The first-order valence-electron chi connectivity index (χ1n) is 9.20. The summed E-state index contributed by atoms with van der Waals surface area (Å²) >= 11 is 3.38. The number of fused-ring (bicyclic) bond motifs is 1. The molecule has 1 heterocycles. The van der Waals surface area contributed by atoms with Gasteiger partial charge in [0.1, 0.15) is 6.54 Å². The SMILES string of the molecule is CC(C)(C)C1CCCCC1NC(=O)Cn1cnc2ccc(Br)cc2c1=O. The lowest BCUT2D eigenvalue weighted by Gasteiger charge is -2.40. The molecule has 0 bridgehead atoms. The van der Waals surface area contributed by atoms with Gasteiger partial charge < -0.3 is 5.32 Å². The minimum absolute atomic E-state index is 0.00164. The van der Waals surface area contributed by atoms with Crippen molar-refractivity contribution in [1.29, 1.82) is 0 Å². The molecule has 1 saturated carbocycles. The van der Waals surface area contributed by atoms with E-state index in [0.717, 1.165) is 23.7 Å². The summed E-state index contributed by atoms with van der Waals surface area (Å²) in [5.74, 6) is 0.340. The van der Waals surface area contributed by atoms with Gasteiger partial charge in [0.05, 0.1) is 17.2 Å². The summed E-state index contributed by atoms with van der Waals surface area (Å²) in [6.07, 6.45) is 5.96. The Morgan fingerprint density at radius 2 is 2.04 bits per heavy atom. The van der Waals surface area contributed by atoms with Crippen LogP contribution in [0.3, 0.4) is 0 Å². The van der Waals surface area contributed by atoms with Gasteiger partial charge in [-0.25, -0.2) is 4.98 Å². The maximum Gasteiger partial charge on any atom is 0.261 e. The van der Waals surface area contributed by atoms with E-state index in [0.29, 0.717) is 16.8 Å². The summed E-state index contributed by atoms with van der Waals surface area (Å²) < 4.78 is 2.21. The van der Waals surface area contributed by atoms with E-state index < -0.39 is 0 Å². The number of nitrogens with one attached hydrogen (secondary N) is 1. The predicted octanol–water partition coefficient (Wildman–Crippen LogP) is 3.88. The van der Waals surface area contributed by atoms with Crippen molar-refractivity contribution in [2.24, 2.45) is 11.3 Å². The van der Waals surface area contributed by atoms with Crippen molar-refractivity contribution in [3.8, 4) is 0 Å². The van der Waals surface area contributed by atoms with E-state index in [1.54, 1.807) is 12.1 Å². The van der Waals surface area contributed by atoms with Gasteiger partial charge in [0.15, 0.2) is 0 Å². The molecule has 0 saturated heterocycles. The molecule has 2 aromatic rings. The minimum Gasteiger partial charge on any atom is -0.352 e. The summed E-state index contributed by atoms with van der Waals surface area (Å²) in [5, 5.41) is 3.69. The van der Waals surface area contributed by atoms with Crippen molar-refractivity contribution in [1.82, 2.24) is 14.9 Å². The van der Waals surface area contributed by atoms with Crippen LogP contribution in [-0.2, 0) is 11.3 Å². The molecule has 3 rings (SSSR count). The Morgan fingerprint density at radius 1 is 1.31 bits per heavy atom. The highest BCUT2D eigenvalue weighted by Gasteiger charge is 2.34. The first-order chi connectivity index (χ1) is 12.3. The first kappa shape index (κ1) is 19.1. The number of carbonyl (C=O) groups excluding carboxylic acids is 1. The van der Waals surface area contributed by atoms with Crippen LogP contribution >= 0.6 is 15.9 Å². The van der Waals surface area contributed by atoms with Gasteiger partial charge in [-0.2, -0.15) is 0 Å². The third-order valence-electron chi connectivity index (χ3n) is 5.32. The lowest BCUT2D eigenvalue weighted by molar-refractivity contribution is -0.123. The van der Waals surface area contributed by atoms with Gasteiger partial charge in [0.25, 0.3) is 5.56 Å². The Morgan fingerprint density at radius 3 is 2.77 bits per heavy atom. The average Bonchev–Trinajstić information content (AvgIpc) is 2.57. The van der Waals surface area contributed by atoms with Gasteiger partial charge in [-0.3, -0.25) is 14.2 Å². The molecule has 1 aromatic carbocycles. The standard InChI is InChI=1S/C20H26BrN3O2/c1-20(2,3)15-6-4-5-7-17(15)23-18(25)11-24-12-22-16-9-8-13(21)10-14(16)19(24)26/h8-10,12,15,17H,4-7,11H2,1-3H3,(H,23,25). The van der Waals surface area contributed by atoms with Gasteiger partial charge in [0.2, 0.25) is 5.91 Å². The highest BCUT2D eigenvalue weighted by molar-refractivity contribution is 9.10. The van der Waals surface area contributed by atoms with Gasteiger partial charge in [0, 0.05) is 10.5 Å². The van der Waals surface area contributed by atoms with E-state index in [1.165, 1.54) is 17.3 Å². The highest BCUT2D eigenvalue weighted by atomic mass is 79.9. The highest BCUT2D eigenvalue weighted by Crippen LogP contribution is 2.37. The van der Waals surface area contributed by atoms with E-state index in [-0.39, 0.29) is 29.5 Å². The van der Waals surface area contributed by atoms with Crippen LogP contribution in [0.15, 0.2) is 33.8 Å². The van der Waals surface area contributed by atoms with Crippen LogP contribution in [0.2, 0.25) is 0 Å². The van der Waals surface area contributed by atoms with E-state index >= 15 is 0 Å². The lowest BCUT2D eigenvalue weighted by Crippen LogP contribution is -2.48. The second kappa shape index (κ2) is 7.51. The number of hydrogen-bond acceptors (Lipinski definition) is 3. The lowest BCUT2D eigenvalue weighted by atomic mass is 9.69. The molecule has 1 aliphatic rings. The minimum atomic E-state index is -0.192. The summed E-state index contributed by atoms with van der Waals surface area (Å²) in [4.78, 5) is 29.6. The van der Waals surface area contributed by atoms with Gasteiger partial charge in [-0.1, -0.05) is 49.5 Å². The predicted molar refractivity (Wildman–Crippen MR) is 107 cm³/mol. The molecule has 2 unspecified atom stereocenters. The zero-order valence-electron chi connectivity index (χ0n) is 15.6. The molecule has 6 heteroatoms. The Kier molecular flexibility index (Phi) is 5.51. The van der Waals surface area contributed by atoms with Crippen LogP contribution in [0.25, 0.3) is 10.9 Å². The molecule has 0 aliphatic heterocycles. The second-order valence-electron chi connectivity index (χ2n) is 8.27. The molecule has 2 atom stereocenters. The number of halogens is 1. The molecule has 140 valence electrons. The number of carbonyl (C=O) groups is 1. The number of benzene rings is 1. The Balaban J connectivity index is 1.76. The van der Waals surface area contributed by atoms with Crippen molar-refractivity contribution in [3.63, 3.8) is 0 Å². The van der Waals surface area contributed by atoms with Crippen LogP contribution in [0.5, 0.6) is 0 Å². The summed E-state index contributed by atoms with van der Waals surface area (Å²) in [7, 11) is 0. The summed E-state index contributed by atoms with van der Waals surface area (Å²) in [5.41, 5.74) is 0.601. The van der Waals surface area contributed by atoms with Crippen molar-refractivity contribution >= 4 is 32.7 Å². The van der Waals surface area contributed by atoms with Crippen molar-refractivity contribution < 1.29 is 4.79 Å². The van der Waals surface area contributed by atoms with E-state index in [4.69, 9.17) is 0 Å². The topological polar surface area (TPSA) is 64.0 Å². The average molecular weight is 420 g/mol. The number of amides is 1. The fourth-order valence-corrected chi connectivity index (χ4v) is 4.35. The van der Waals surface area contributed by atoms with Gasteiger partial charge in [-0.15, -0.1) is 0 Å². The van der Waals surface area contributed by atoms with Crippen LogP contribution in [0.4, 0.5) is 0 Å². The molecule has 1 aliphatic carbocycles. The number of hydrogen-bond donors (Lipinski definition) is 1. The molecular formula is C20H26BrN3O2. The van der Waals surface area contributed by atoms with Gasteiger partial charge in [-0.05, 0) is 42.4 Å². The van der Waals surface area contributed by atoms with Crippen molar-refractivity contribution in [3.05, 3.63) is 39.4 Å². The molecule has 5 nitrogen and oxygen atoms in total. The maximum atomic E-state index is 12.7. The maximum absolute atomic E-state index is 12.7. The first-order valence-corrected chi connectivity index (χ1v) is 9.99. The third-order valence-corrected chi connectivity index (χ3v) is 5.82. The fraction of sp³-hybridized carbons (Fsp3) is 0.550. The largest absolute Gasteiger partial charge is 0.352 e. The molecule has 1 N–H and O–H groups in total. The normalized spacial score (nSPS) is 20.9. The van der Waals surface area contributed by atoms with Crippen LogP contribution in [0, 0.1) is 11.3 Å². The Hall–Kier alpha value is -1.69. The Labute approximate surface area is 162 Å². The Bertz CT molecular complexity index is 869. The van der Waals surface area contributed by atoms with Crippen LogP contribution < -0.4 is 10.9 Å². The van der Waals surface area contributed by atoms with E-state index in [1.807, 2.05) is 6.07 Å². The molecule has 1 fully saturated rings. The number of aromatic nitrogens is 2. The van der Waals surface area contributed by atoms with E-state index in [9.17, 15) is 9.59 Å². The zero-order valence-corrected chi connectivity index (χ0v) is 17.2. The number of nitrogens with zero attached hydrogens (tertiary/aromatic N) is 2. The molecular weight excluding hydrogens is 394 g/mol. The van der Waals surface area contributed by atoms with Crippen LogP contribution in [0.1, 0.15) is 46.5 Å². The van der Waals surface area contributed by atoms with E-state index in [2.05, 4.69) is 47.0 Å². The smallest absolute Gasteiger partial charge is 0.261 e. The van der Waals surface area contributed by atoms with Crippen LogP contribution in [-0.4, -0.2) is 21.5 Å². The fourth-order valence-electron chi connectivity index (χ4n) is 3.99. The number of rotatable bonds is 3. The zero-order chi connectivity index (χ0) is 18.9. The monoisotopic (exact) mass is 419 g/mol. The molecule has 1 aromatic heterocycles. The third kappa shape index (κ3) is 4.17. The quantitative estimate of drug-likeness (QED) is 0.820. The molecule has 0 radical (unpaired) electrons. The molecule has 26 heavy (non-hydrogen) atoms. The molecule has 1 amide bonds. The van der Waals surface area contributed by atoms with Gasteiger partial charge >= 0.3 is 0 Å². The second-order valence-corrected chi connectivity index (χ2v) is 9.19. The summed E-state index contributed by atoms with van der Waals surface area (Å²) in [6.45, 7) is 6.70.